The van der Waals surface area contributed by atoms with Crippen LogP contribution in [0.3, 0.4) is 0 Å². The number of hydrogen-bond acceptors (Lipinski definition) is 2. The van der Waals surface area contributed by atoms with Crippen LogP contribution in [-0.2, 0) is 9.36 Å². The summed E-state index contributed by atoms with van der Waals surface area (Å²) in [5.41, 5.74) is 0. The van der Waals surface area contributed by atoms with E-state index in [4.69, 9.17) is 0 Å². The van der Waals surface area contributed by atoms with E-state index in [-0.39, 0.29) is 12.1 Å². The second-order valence-electron chi connectivity index (χ2n) is 5.44. The van der Waals surface area contributed by atoms with Crippen LogP contribution < -0.4 is 10.6 Å². The van der Waals surface area contributed by atoms with E-state index in [1.165, 1.54) is 0 Å². The molecule has 0 N–H and O–H groups in total. The Balaban J connectivity index is 2.41. The number of nitrogens with zero attached hydrogens (tertiary/aromatic N) is 1. The van der Waals surface area contributed by atoms with E-state index in [2.05, 4.69) is 13.2 Å². The van der Waals surface area contributed by atoms with E-state index < -0.39 is 7.14 Å². The van der Waals surface area contributed by atoms with Gasteiger partial charge in [0.25, 0.3) is 0 Å². The Bertz CT molecular complexity index is 687. The van der Waals surface area contributed by atoms with Crippen molar-refractivity contribution in [3.05, 3.63) is 86.0 Å². The summed E-state index contributed by atoms with van der Waals surface area (Å²) in [6.07, 6.45) is 3.29. The first-order chi connectivity index (χ1) is 11.6. The zero-order valence-corrected chi connectivity index (χ0v) is 14.6. The van der Waals surface area contributed by atoms with Crippen molar-refractivity contribution >= 4 is 23.7 Å². The number of rotatable bonds is 8. The van der Waals surface area contributed by atoms with Gasteiger partial charge in [-0.05, 0) is 0 Å². The van der Waals surface area contributed by atoms with Crippen molar-refractivity contribution in [2.45, 2.75) is 0 Å². The van der Waals surface area contributed by atoms with Crippen molar-refractivity contribution in [3.8, 4) is 0 Å². The van der Waals surface area contributed by atoms with E-state index in [0.717, 1.165) is 0 Å². The molecule has 0 aliphatic carbocycles. The highest BCUT2D eigenvalue weighted by molar-refractivity contribution is 7.79. The van der Waals surface area contributed by atoms with Crippen molar-refractivity contribution in [2.24, 2.45) is 0 Å². The molecule has 0 aliphatic rings. The van der Waals surface area contributed by atoms with Crippen molar-refractivity contribution < 1.29 is 9.36 Å². The third-order valence-corrected chi connectivity index (χ3v) is 6.74. The van der Waals surface area contributed by atoms with Crippen LogP contribution in [0.2, 0.25) is 0 Å². The fourth-order valence-electron chi connectivity index (χ4n) is 2.55. The van der Waals surface area contributed by atoms with Gasteiger partial charge >= 0.3 is 0 Å². The van der Waals surface area contributed by atoms with Crippen molar-refractivity contribution in [1.29, 1.82) is 0 Å². The normalized spacial score (nSPS) is 10.8. The molecule has 0 aliphatic heterocycles. The maximum absolute atomic E-state index is 13.8. The van der Waals surface area contributed by atoms with Gasteiger partial charge in [0.1, 0.15) is 0 Å². The number of amides is 1. The van der Waals surface area contributed by atoms with Gasteiger partial charge in [0.2, 0.25) is 5.91 Å². The predicted molar refractivity (Wildman–Crippen MR) is 102 cm³/mol. The first-order valence-electron chi connectivity index (χ1n) is 7.81. The van der Waals surface area contributed by atoms with Gasteiger partial charge in [0, 0.05) is 23.7 Å². The standard InChI is InChI=1S/C20H22NO2P/c1-3-15-21(16-4-2)20(22)17-24(23,18-11-7-5-8-12-18)19-13-9-6-10-14-19/h3-14H,1-2,15-17H2. The molecular formula is C20H22NO2P. The molecule has 0 saturated heterocycles. The monoisotopic (exact) mass is 339 g/mol. The van der Waals surface area contributed by atoms with Gasteiger partial charge in [0.05, 0.1) is 6.16 Å². The third-order valence-electron chi connectivity index (χ3n) is 3.76. The zero-order valence-electron chi connectivity index (χ0n) is 13.7. The molecule has 0 spiro atoms. The van der Waals surface area contributed by atoms with Crippen LogP contribution in [0.5, 0.6) is 0 Å². The fraction of sp³-hybridized carbons (Fsp3) is 0.150. The molecule has 2 rings (SSSR count). The molecule has 0 saturated carbocycles. The summed E-state index contributed by atoms with van der Waals surface area (Å²) in [7, 11) is -3.04. The van der Waals surface area contributed by atoms with Crippen molar-refractivity contribution in [2.75, 3.05) is 19.3 Å². The Kier molecular flexibility index (Phi) is 6.34. The van der Waals surface area contributed by atoms with Crippen molar-refractivity contribution in [3.63, 3.8) is 0 Å². The Morgan fingerprint density at radius 1 is 0.875 bits per heavy atom. The van der Waals surface area contributed by atoms with E-state index in [9.17, 15) is 9.36 Å². The molecule has 3 nitrogen and oxygen atoms in total. The van der Waals surface area contributed by atoms with E-state index in [0.29, 0.717) is 23.7 Å². The maximum Gasteiger partial charge on any atom is 0.231 e. The number of carbonyl (C=O) groups excluding carboxylic acids is 1. The topological polar surface area (TPSA) is 37.4 Å². The van der Waals surface area contributed by atoms with Gasteiger partial charge in [-0.3, -0.25) is 4.79 Å². The highest BCUT2D eigenvalue weighted by Crippen LogP contribution is 2.43. The second kappa shape index (κ2) is 8.47. The van der Waals surface area contributed by atoms with E-state index >= 15 is 0 Å². The van der Waals surface area contributed by atoms with Crippen LogP contribution >= 0.6 is 7.14 Å². The number of benzene rings is 2. The summed E-state index contributed by atoms with van der Waals surface area (Å²) in [6, 6.07) is 18.4. The molecule has 0 radical (unpaired) electrons. The average Bonchev–Trinajstić information content (AvgIpc) is 2.63. The molecule has 2 aromatic carbocycles. The molecule has 0 unspecified atom stereocenters. The maximum atomic E-state index is 13.8. The molecule has 4 heteroatoms. The summed E-state index contributed by atoms with van der Waals surface area (Å²) in [4.78, 5) is 14.4. The van der Waals surface area contributed by atoms with E-state index in [1.54, 1.807) is 17.1 Å². The lowest BCUT2D eigenvalue weighted by molar-refractivity contribution is -0.127. The minimum Gasteiger partial charge on any atom is -0.335 e. The predicted octanol–water partition coefficient (Wildman–Crippen LogP) is 3.20. The van der Waals surface area contributed by atoms with Gasteiger partial charge < -0.3 is 9.46 Å². The summed E-state index contributed by atoms with van der Waals surface area (Å²) < 4.78 is 13.8. The third kappa shape index (κ3) is 4.12. The number of hydrogen-bond donors (Lipinski definition) is 0. The molecule has 0 aromatic heterocycles. The Labute approximate surface area is 143 Å². The lowest BCUT2D eigenvalue weighted by Gasteiger charge is -2.24. The summed E-state index contributed by atoms with van der Waals surface area (Å²) >= 11 is 0. The summed E-state index contributed by atoms with van der Waals surface area (Å²) in [5.74, 6) is -0.161. The van der Waals surface area contributed by atoms with Crippen LogP contribution in [0, 0.1) is 0 Å². The van der Waals surface area contributed by atoms with Crippen LogP contribution in [0.25, 0.3) is 0 Å². The lowest BCUT2D eigenvalue weighted by atomic mass is 10.4. The van der Waals surface area contributed by atoms with Crippen LogP contribution in [0.4, 0.5) is 0 Å². The largest absolute Gasteiger partial charge is 0.335 e. The molecule has 0 bridgehead atoms. The molecule has 1 amide bonds. The quantitative estimate of drug-likeness (QED) is 0.547. The SMILES string of the molecule is C=CCN(CC=C)C(=O)CP(=O)(c1ccccc1)c1ccccc1. The molecule has 0 atom stereocenters. The summed E-state index contributed by atoms with van der Waals surface area (Å²) in [6.45, 7) is 8.18. The Morgan fingerprint density at radius 2 is 1.29 bits per heavy atom. The van der Waals surface area contributed by atoms with E-state index in [1.807, 2.05) is 60.7 Å². The molecule has 24 heavy (non-hydrogen) atoms. The van der Waals surface area contributed by atoms with Gasteiger partial charge in [-0.25, -0.2) is 0 Å². The van der Waals surface area contributed by atoms with Gasteiger partial charge in [-0.1, -0.05) is 72.8 Å². The molecular weight excluding hydrogens is 317 g/mol. The highest BCUT2D eigenvalue weighted by atomic mass is 31.2. The van der Waals surface area contributed by atoms with Crippen LogP contribution in [-0.4, -0.2) is 30.1 Å². The Hall–Kier alpha value is -2.38. The van der Waals surface area contributed by atoms with Crippen molar-refractivity contribution in [1.82, 2.24) is 4.90 Å². The van der Waals surface area contributed by atoms with Gasteiger partial charge in [0.15, 0.2) is 7.14 Å². The molecule has 0 fully saturated rings. The summed E-state index contributed by atoms with van der Waals surface area (Å²) in [5, 5.41) is 1.39. The molecule has 0 heterocycles. The number of carbonyl (C=O) groups is 1. The van der Waals surface area contributed by atoms with Gasteiger partial charge in [-0.2, -0.15) is 0 Å². The first-order valence-corrected chi connectivity index (χ1v) is 9.71. The van der Waals surface area contributed by atoms with Crippen LogP contribution in [0.15, 0.2) is 86.0 Å². The van der Waals surface area contributed by atoms with Gasteiger partial charge in [-0.15, -0.1) is 13.2 Å². The smallest absolute Gasteiger partial charge is 0.231 e. The fourth-order valence-corrected chi connectivity index (χ4v) is 5.10. The zero-order chi connectivity index (χ0) is 17.4. The highest BCUT2D eigenvalue weighted by Gasteiger charge is 2.31. The molecule has 124 valence electrons. The minimum absolute atomic E-state index is 0.0390. The minimum atomic E-state index is -3.04. The lowest BCUT2D eigenvalue weighted by Crippen LogP contribution is -2.36. The second-order valence-corrected chi connectivity index (χ2v) is 8.27. The Morgan fingerprint density at radius 3 is 1.67 bits per heavy atom. The van der Waals surface area contributed by atoms with Crippen LogP contribution in [0.1, 0.15) is 0 Å². The first kappa shape index (κ1) is 18.0. The molecule has 2 aromatic rings. The average molecular weight is 339 g/mol.